The quantitative estimate of drug-likeness (QED) is 0.0248. The minimum atomic E-state index is -0.857. The summed E-state index contributed by atoms with van der Waals surface area (Å²) in [5.74, 6) is -0.117. The molecule has 0 aliphatic carbocycles. The molecule has 0 heterocycles. The average Bonchev–Trinajstić information content (AvgIpc) is 3.18. The van der Waals surface area contributed by atoms with E-state index in [-0.39, 0.29) is 18.5 Å². The maximum atomic E-state index is 12.4. The summed E-state index contributed by atoms with van der Waals surface area (Å²) in [5.41, 5.74) is 0. The van der Waals surface area contributed by atoms with E-state index in [1.165, 1.54) is 135 Å². The van der Waals surface area contributed by atoms with E-state index in [4.69, 9.17) is 4.74 Å². The molecule has 1 amide bonds. The first-order chi connectivity index (χ1) is 27.0. The van der Waals surface area contributed by atoms with Crippen LogP contribution in [-0.2, 0) is 14.3 Å². The number of esters is 1. The lowest BCUT2D eigenvalue weighted by molar-refractivity contribution is -0.143. The number of allylic oxidation sites excluding steroid dienone is 5. The molecule has 55 heavy (non-hydrogen) atoms. The first kappa shape index (κ1) is 53.1. The van der Waals surface area contributed by atoms with Crippen molar-refractivity contribution in [2.45, 2.75) is 251 Å². The molecule has 0 rings (SSSR count). The van der Waals surface area contributed by atoms with Crippen molar-refractivity contribution in [2.24, 2.45) is 0 Å². The van der Waals surface area contributed by atoms with Crippen LogP contribution in [0, 0.1) is 0 Å². The van der Waals surface area contributed by atoms with E-state index in [0.29, 0.717) is 19.4 Å². The summed E-state index contributed by atoms with van der Waals surface area (Å²) >= 11 is 0. The van der Waals surface area contributed by atoms with Gasteiger partial charge in [0.1, 0.15) is 0 Å². The lowest BCUT2D eigenvalue weighted by Crippen LogP contribution is -2.45. The van der Waals surface area contributed by atoms with Gasteiger partial charge in [-0.2, -0.15) is 0 Å². The Balaban J connectivity index is 3.57. The monoisotopic (exact) mass is 774 g/mol. The molecule has 0 saturated heterocycles. The van der Waals surface area contributed by atoms with Gasteiger partial charge in [-0.25, -0.2) is 0 Å². The van der Waals surface area contributed by atoms with Crippen molar-refractivity contribution in [3.63, 3.8) is 0 Å². The summed E-state index contributed by atoms with van der Waals surface area (Å²) in [7, 11) is 0. The number of unbranched alkanes of at least 4 members (excludes halogenated alkanes) is 29. The molecule has 0 aliphatic heterocycles. The summed E-state index contributed by atoms with van der Waals surface area (Å²) in [6, 6.07) is -0.643. The zero-order valence-electron chi connectivity index (χ0n) is 36.4. The second-order valence-electron chi connectivity index (χ2n) is 16.1. The Labute approximate surface area is 341 Å². The highest BCUT2D eigenvalue weighted by Gasteiger charge is 2.18. The Morgan fingerprint density at radius 3 is 1.35 bits per heavy atom. The van der Waals surface area contributed by atoms with Crippen molar-refractivity contribution in [1.29, 1.82) is 0 Å². The third-order valence-corrected chi connectivity index (χ3v) is 10.7. The van der Waals surface area contributed by atoms with E-state index in [0.717, 1.165) is 77.0 Å². The predicted octanol–water partition coefficient (Wildman–Crippen LogP) is 13.7. The third-order valence-electron chi connectivity index (χ3n) is 10.7. The lowest BCUT2D eigenvalue weighted by atomic mass is 10.1. The van der Waals surface area contributed by atoms with Crippen molar-refractivity contribution in [3.05, 3.63) is 36.5 Å². The van der Waals surface area contributed by atoms with Gasteiger partial charge in [-0.3, -0.25) is 9.59 Å². The van der Waals surface area contributed by atoms with Gasteiger partial charge in [-0.15, -0.1) is 0 Å². The summed E-state index contributed by atoms with van der Waals surface area (Å²) in [5, 5.41) is 22.9. The van der Waals surface area contributed by atoms with Gasteiger partial charge in [0.15, 0.2) is 0 Å². The van der Waals surface area contributed by atoms with Crippen LogP contribution in [0.2, 0.25) is 0 Å². The van der Waals surface area contributed by atoms with Crippen molar-refractivity contribution in [3.8, 4) is 0 Å². The molecule has 0 spiro atoms. The molecule has 0 bridgehead atoms. The van der Waals surface area contributed by atoms with Crippen LogP contribution in [0.25, 0.3) is 0 Å². The van der Waals surface area contributed by atoms with Crippen molar-refractivity contribution >= 4 is 11.9 Å². The van der Waals surface area contributed by atoms with Gasteiger partial charge in [0.2, 0.25) is 5.91 Å². The van der Waals surface area contributed by atoms with Gasteiger partial charge >= 0.3 is 5.97 Å². The van der Waals surface area contributed by atoms with Gasteiger partial charge in [0.05, 0.1) is 25.4 Å². The van der Waals surface area contributed by atoms with E-state index in [2.05, 4.69) is 43.5 Å². The predicted molar refractivity (Wildman–Crippen MR) is 236 cm³/mol. The Morgan fingerprint density at radius 2 is 0.891 bits per heavy atom. The second-order valence-corrected chi connectivity index (χ2v) is 16.1. The molecule has 0 saturated carbocycles. The van der Waals surface area contributed by atoms with E-state index >= 15 is 0 Å². The number of nitrogens with one attached hydrogen (secondary N) is 1. The number of aliphatic hydroxyl groups excluding tert-OH is 2. The van der Waals surface area contributed by atoms with Crippen LogP contribution >= 0.6 is 0 Å². The average molecular weight is 774 g/mol. The van der Waals surface area contributed by atoms with E-state index in [9.17, 15) is 19.8 Å². The molecular formula is C49H91NO5. The van der Waals surface area contributed by atoms with E-state index in [1.54, 1.807) is 6.08 Å². The summed E-state index contributed by atoms with van der Waals surface area (Å²) in [4.78, 5) is 24.3. The van der Waals surface area contributed by atoms with Gasteiger partial charge in [-0.1, -0.05) is 198 Å². The number of carbonyl (C=O) groups excluding carboxylic acids is 2. The van der Waals surface area contributed by atoms with Crippen LogP contribution in [-0.4, -0.2) is 47.4 Å². The molecule has 3 N–H and O–H groups in total. The zero-order valence-corrected chi connectivity index (χ0v) is 36.4. The Morgan fingerprint density at radius 1 is 0.509 bits per heavy atom. The van der Waals surface area contributed by atoms with E-state index in [1.807, 2.05) is 6.08 Å². The fraction of sp³-hybridized carbons (Fsp3) is 0.837. The number of hydrogen-bond acceptors (Lipinski definition) is 5. The summed E-state index contributed by atoms with van der Waals surface area (Å²) < 4.78 is 5.42. The van der Waals surface area contributed by atoms with E-state index < -0.39 is 12.1 Å². The minimum absolute atomic E-state index is 0.0242. The third kappa shape index (κ3) is 41.5. The maximum absolute atomic E-state index is 12.4. The summed E-state index contributed by atoms with van der Waals surface area (Å²) in [6.45, 7) is 4.82. The normalized spacial score (nSPS) is 13.0. The Hall–Kier alpha value is -1.92. The molecule has 0 aromatic rings. The van der Waals surface area contributed by atoms with Crippen LogP contribution in [0.1, 0.15) is 239 Å². The number of carbonyl (C=O) groups is 2. The van der Waals surface area contributed by atoms with Crippen LogP contribution in [0.5, 0.6) is 0 Å². The molecule has 0 aliphatic rings. The van der Waals surface area contributed by atoms with Gasteiger partial charge in [0.25, 0.3) is 0 Å². The molecule has 322 valence electrons. The molecule has 2 unspecified atom stereocenters. The van der Waals surface area contributed by atoms with Crippen LogP contribution < -0.4 is 5.32 Å². The van der Waals surface area contributed by atoms with Crippen LogP contribution in [0.15, 0.2) is 36.5 Å². The van der Waals surface area contributed by atoms with Crippen LogP contribution in [0.3, 0.4) is 0 Å². The Bertz CT molecular complexity index is 900. The maximum Gasteiger partial charge on any atom is 0.305 e. The molecular weight excluding hydrogens is 683 g/mol. The largest absolute Gasteiger partial charge is 0.466 e. The molecule has 6 heteroatoms. The van der Waals surface area contributed by atoms with Crippen LogP contribution in [0.4, 0.5) is 0 Å². The fourth-order valence-electron chi connectivity index (χ4n) is 6.97. The van der Waals surface area contributed by atoms with Gasteiger partial charge in [0, 0.05) is 12.8 Å². The molecule has 0 radical (unpaired) electrons. The molecule has 0 aromatic heterocycles. The SMILES string of the molecule is CCCCCCCCCCCC/C=C/C(O)C(CO)NC(=O)CCCCCCCC/C=C\C=C/CCCCCOC(=O)CCCCCCCCCCCCC. The minimum Gasteiger partial charge on any atom is -0.466 e. The lowest BCUT2D eigenvalue weighted by Gasteiger charge is -2.20. The topological polar surface area (TPSA) is 95.9 Å². The first-order valence-corrected chi connectivity index (χ1v) is 23.8. The van der Waals surface area contributed by atoms with Crippen molar-refractivity contribution in [1.82, 2.24) is 5.32 Å². The highest BCUT2D eigenvalue weighted by atomic mass is 16.5. The van der Waals surface area contributed by atoms with Gasteiger partial charge < -0.3 is 20.3 Å². The molecule has 0 aromatic carbocycles. The standard InChI is InChI=1S/C49H91NO5/c1-3-5-7-9-11-13-15-22-25-29-33-37-41-47(52)46(45-51)50-48(53)42-38-34-30-26-23-19-17-16-18-20-24-28-32-36-40-44-55-49(54)43-39-35-31-27-21-14-12-10-8-6-4-2/h16,18,20,24,37,41,46-47,51-52H,3-15,17,19,21-23,25-36,38-40,42-45H2,1-2H3,(H,50,53)/b18-16-,24-20-,41-37+. The van der Waals surface area contributed by atoms with Crippen molar-refractivity contribution < 1.29 is 24.5 Å². The number of hydrogen-bond donors (Lipinski definition) is 3. The smallest absolute Gasteiger partial charge is 0.305 e. The first-order valence-electron chi connectivity index (χ1n) is 23.8. The fourth-order valence-corrected chi connectivity index (χ4v) is 6.97. The Kier molecular flexibility index (Phi) is 43.2. The highest BCUT2D eigenvalue weighted by molar-refractivity contribution is 5.76. The number of ether oxygens (including phenoxy) is 1. The number of amides is 1. The molecule has 0 fully saturated rings. The summed E-state index contributed by atoms with van der Waals surface area (Å²) in [6.07, 6.45) is 52.8. The number of rotatable bonds is 43. The second kappa shape index (κ2) is 44.8. The number of aliphatic hydroxyl groups is 2. The van der Waals surface area contributed by atoms with Gasteiger partial charge in [-0.05, 0) is 64.2 Å². The van der Waals surface area contributed by atoms with Crippen molar-refractivity contribution in [2.75, 3.05) is 13.2 Å². The molecule has 2 atom stereocenters. The zero-order chi connectivity index (χ0) is 40.1. The highest BCUT2D eigenvalue weighted by Crippen LogP contribution is 2.14. The molecule has 6 nitrogen and oxygen atoms in total.